The van der Waals surface area contributed by atoms with Crippen LogP contribution in [0.2, 0.25) is 0 Å². The number of pyridine rings is 1. The molecule has 0 fully saturated rings. The first kappa shape index (κ1) is 13.4. The van der Waals surface area contributed by atoms with Crippen molar-refractivity contribution in [2.75, 3.05) is 0 Å². The molecular weight excluding hydrogens is 272 g/mol. The molecule has 0 atom stereocenters. The minimum Gasteiger partial charge on any atom is -0.294 e. The molecule has 0 N–H and O–H groups in total. The fourth-order valence-corrected chi connectivity index (χ4v) is 2.26. The lowest BCUT2D eigenvalue weighted by molar-refractivity contribution is 0.0994. The lowest BCUT2D eigenvalue weighted by Crippen LogP contribution is -2.05. The van der Waals surface area contributed by atoms with Gasteiger partial charge in [0, 0.05) is 23.6 Å². The lowest BCUT2D eigenvalue weighted by Gasteiger charge is -2.05. The van der Waals surface area contributed by atoms with Crippen LogP contribution in [0.15, 0.2) is 54.7 Å². The van der Waals surface area contributed by atoms with Crippen molar-refractivity contribution in [3.63, 3.8) is 0 Å². The topological polar surface area (TPSA) is 30.0 Å². The van der Waals surface area contributed by atoms with E-state index in [-0.39, 0.29) is 12.2 Å². The van der Waals surface area contributed by atoms with Crippen molar-refractivity contribution >= 4 is 16.7 Å². The maximum absolute atomic E-state index is 13.2. The van der Waals surface area contributed by atoms with Crippen LogP contribution in [0.5, 0.6) is 0 Å². The van der Waals surface area contributed by atoms with Gasteiger partial charge >= 0.3 is 0 Å². The van der Waals surface area contributed by atoms with E-state index >= 15 is 0 Å². The average Bonchev–Trinajstić information content (AvgIpc) is 2.50. The zero-order valence-corrected chi connectivity index (χ0v) is 11.0. The molecule has 2 aromatic carbocycles. The molecule has 1 aromatic heterocycles. The van der Waals surface area contributed by atoms with Crippen LogP contribution in [0.1, 0.15) is 15.9 Å². The molecule has 0 spiro atoms. The summed E-state index contributed by atoms with van der Waals surface area (Å²) in [5.74, 6) is -2.04. The Labute approximate surface area is 120 Å². The standard InChI is InChI=1S/C17H11F2NO/c18-14-7-6-11(9-15(14)19)10-16(21)13-5-1-3-12-4-2-8-20-17(12)13/h1-9H,10H2. The Balaban J connectivity index is 1.95. The summed E-state index contributed by atoms with van der Waals surface area (Å²) in [6.07, 6.45) is 1.63. The quantitative estimate of drug-likeness (QED) is 0.681. The lowest BCUT2D eigenvalue weighted by atomic mass is 10.0. The number of benzene rings is 2. The number of fused-ring (bicyclic) bond motifs is 1. The van der Waals surface area contributed by atoms with Gasteiger partial charge in [0.25, 0.3) is 0 Å². The molecule has 0 saturated carbocycles. The second kappa shape index (κ2) is 5.40. The number of hydrogen-bond donors (Lipinski definition) is 0. The van der Waals surface area contributed by atoms with Gasteiger partial charge in [-0.3, -0.25) is 9.78 Å². The zero-order valence-electron chi connectivity index (χ0n) is 11.0. The largest absolute Gasteiger partial charge is 0.294 e. The van der Waals surface area contributed by atoms with E-state index in [0.717, 1.165) is 17.5 Å². The molecule has 1 heterocycles. The summed E-state index contributed by atoms with van der Waals surface area (Å²) in [6, 6.07) is 12.5. The highest BCUT2D eigenvalue weighted by atomic mass is 19.2. The summed E-state index contributed by atoms with van der Waals surface area (Å²) in [6.45, 7) is 0. The number of halogens is 2. The number of hydrogen-bond acceptors (Lipinski definition) is 2. The molecule has 0 aliphatic rings. The highest BCUT2D eigenvalue weighted by Crippen LogP contribution is 2.18. The van der Waals surface area contributed by atoms with Gasteiger partial charge in [-0.15, -0.1) is 0 Å². The number of para-hydroxylation sites is 1. The first-order valence-electron chi connectivity index (χ1n) is 6.46. The Morgan fingerprint density at radius 2 is 1.81 bits per heavy atom. The molecule has 4 heteroatoms. The van der Waals surface area contributed by atoms with Gasteiger partial charge in [0.15, 0.2) is 17.4 Å². The van der Waals surface area contributed by atoms with Gasteiger partial charge in [0.05, 0.1) is 5.52 Å². The molecule has 0 unspecified atom stereocenters. The first-order chi connectivity index (χ1) is 10.1. The monoisotopic (exact) mass is 283 g/mol. The third-order valence-corrected chi connectivity index (χ3v) is 3.28. The minimum absolute atomic E-state index is 0.00683. The number of Topliss-reactive ketones (excluding diaryl/α,β-unsaturated/α-hetero) is 1. The van der Waals surface area contributed by atoms with E-state index < -0.39 is 11.6 Å². The number of rotatable bonds is 3. The maximum atomic E-state index is 13.2. The smallest absolute Gasteiger partial charge is 0.169 e. The molecule has 104 valence electrons. The van der Waals surface area contributed by atoms with Gasteiger partial charge in [-0.25, -0.2) is 8.78 Å². The van der Waals surface area contributed by atoms with Crippen LogP contribution < -0.4 is 0 Å². The molecule has 0 saturated heterocycles. The molecule has 3 rings (SSSR count). The van der Waals surface area contributed by atoms with Crippen LogP contribution in [0.4, 0.5) is 8.78 Å². The van der Waals surface area contributed by atoms with Crippen LogP contribution in [0.3, 0.4) is 0 Å². The predicted molar refractivity (Wildman–Crippen MR) is 76.1 cm³/mol. The molecule has 21 heavy (non-hydrogen) atoms. The third-order valence-electron chi connectivity index (χ3n) is 3.28. The summed E-state index contributed by atoms with van der Waals surface area (Å²) in [5.41, 5.74) is 1.54. The fourth-order valence-electron chi connectivity index (χ4n) is 2.26. The molecule has 0 aliphatic heterocycles. The summed E-state index contributed by atoms with van der Waals surface area (Å²) >= 11 is 0. The summed E-state index contributed by atoms with van der Waals surface area (Å²) in [5, 5.41) is 0.869. The van der Waals surface area contributed by atoms with Gasteiger partial charge in [-0.1, -0.05) is 24.3 Å². The van der Waals surface area contributed by atoms with E-state index in [4.69, 9.17) is 0 Å². The van der Waals surface area contributed by atoms with Crippen LogP contribution in [0.25, 0.3) is 10.9 Å². The number of aromatic nitrogens is 1. The number of carbonyl (C=O) groups is 1. The van der Waals surface area contributed by atoms with E-state index in [1.807, 2.05) is 12.1 Å². The highest BCUT2D eigenvalue weighted by molar-refractivity contribution is 6.07. The average molecular weight is 283 g/mol. The molecule has 0 aliphatic carbocycles. The minimum atomic E-state index is -0.948. The van der Waals surface area contributed by atoms with E-state index in [2.05, 4.69) is 4.98 Å². The second-order valence-corrected chi connectivity index (χ2v) is 4.73. The van der Waals surface area contributed by atoms with Gasteiger partial charge in [0.1, 0.15) is 0 Å². The molecule has 3 aromatic rings. The van der Waals surface area contributed by atoms with Crippen molar-refractivity contribution < 1.29 is 13.6 Å². The number of nitrogens with zero attached hydrogens (tertiary/aromatic N) is 1. The van der Waals surface area contributed by atoms with Gasteiger partial charge in [-0.2, -0.15) is 0 Å². The van der Waals surface area contributed by atoms with Crippen LogP contribution in [-0.2, 0) is 6.42 Å². The summed E-state index contributed by atoms with van der Waals surface area (Å²) in [4.78, 5) is 16.6. The van der Waals surface area contributed by atoms with Crippen molar-refractivity contribution in [1.29, 1.82) is 0 Å². The van der Waals surface area contributed by atoms with Gasteiger partial charge < -0.3 is 0 Å². The van der Waals surface area contributed by atoms with Crippen molar-refractivity contribution in [2.24, 2.45) is 0 Å². The summed E-state index contributed by atoms with van der Waals surface area (Å²) < 4.78 is 26.1. The van der Waals surface area contributed by atoms with E-state index in [1.165, 1.54) is 6.07 Å². The van der Waals surface area contributed by atoms with Crippen LogP contribution in [0, 0.1) is 11.6 Å². The van der Waals surface area contributed by atoms with Gasteiger partial charge in [0.2, 0.25) is 0 Å². The van der Waals surface area contributed by atoms with E-state index in [9.17, 15) is 13.6 Å². The number of carbonyl (C=O) groups excluding carboxylic acids is 1. The Kier molecular flexibility index (Phi) is 3.44. The third kappa shape index (κ3) is 2.65. The van der Waals surface area contributed by atoms with Gasteiger partial charge in [-0.05, 0) is 29.8 Å². The SMILES string of the molecule is O=C(Cc1ccc(F)c(F)c1)c1cccc2cccnc12. The van der Waals surface area contributed by atoms with Crippen molar-refractivity contribution in [3.8, 4) is 0 Å². The zero-order chi connectivity index (χ0) is 14.8. The Hall–Kier alpha value is -2.62. The van der Waals surface area contributed by atoms with E-state index in [0.29, 0.717) is 16.6 Å². The van der Waals surface area contributed by atoms with Crippen molar-refractivity contribution in [2.45, 2.75) is 6.42 Å². The molecular formula is C17H11F2NO. The fraction of sp³-hybridized carbons (Fsp3) is 0.0588. The molecule has 0 radical (unpaired) electrons. The maximum Gasteiger partial charge on any atom is 0.169 e. The summed E-state index contributed by atoms with van der Waals surface area (Å²) in [7, 11) is 0. The molecule has 2 nitrogen and oxygen atoms in total. The van der Waals surface area contributed by atoms with E-state index in [1.54, 1.807) is 24.4 Å². The second-order valence-electron chi connectivity index (χ2n) is 4.73. The van der Waals surface area contributed by atoms with Crippen LogP contribution >= 0.6 is 0 Å². The molecule has 0 amide bonds. The predicted octanol–water partition coefficient (Wildman–Crippen LogP) is 3.94. The van der Waals surface area contributed by atoms with Crippen molar-refractivity contribution in [3.05, 3.63) is 77.5 Å². The van der Waals surface area contributed by atoms with Crippen LogP contribution in [-0.4, -0.2) is 10.8 Å². The Morgan fingerprint density at radius 1 is 1.00 bits per heavy atom. The number of ketones is 1. The Morgan fingerprint density at radius 3 is 2.62 bits per heavy atom. The normalized spacial score (nSPS) is 10.8. The highest BCUT2D eigenvalue weighted by Gasteiger charge is 2.12. The van der Waals surface area contributed by atoms with Crippen molar-refractivity contribution in [1.82, 2.24) is 4.98 Å². The first-order valence-corrected chi connectivity index (χ1v) is 6.46. The molecule has 0 bridgehead atoms. The Bertz CT molecular complexity index is 825.